The second kappa shape index (κ2) is 13.8. The molecule has 0 aromatic heterocycles. The average Bonchev–Trinajstić information content (AvgIpc) is 3.26. The minimum Gasteiger partial charge on any atom is -0.480 e. The van der Waals surface area contributed by atoms with E-state index in [1.807, 2.05) is 6.92 Å². The number of ether oxygens (including phenoxy) is 1. The lowest BCUT2D eigenvalue weighted by molar-refractivity contribution is -0.184. The summed E-state index contributed by atoms with van der Waals surface area (Å²) in [6.45, 7) is 7.75. The molecule has 2 amide bonds. The quantitative estimate of drug-likeness (QED) is 0.163. The maximum atomic E-state index is 13.5. The van der Waals surface area contributed by atoms with Crippen LogP contribution in [0.1, 0.15) is 92.4 Å². The van der Waals surface area contributed by atoms with Crippen LogP contribution in [0.25, 0.3) is 0 Å². The van der Waals surface area contributed by atoms with Gasteiger partial charge in [0.05, 0.1) is 18.6 Å². The maximum Gasteiger partial charge on any atom is 0.328 e. The number of allylic oxidation sites excluding steroid dienone is 1. The van der Waals surface area contributed by atoms with Gasteiger partial charge in [0, 0.05) is 18.3 Å². The van der Waals surface area contributed by atoms with Crippen LogP contribution in [0.15, 0.2) is 11.6 Å². The van der Waals surface area contributed by atoms with E-state index in [4.69, 9.17) is 4.74 Å². The van der Waals surface area contributed by atoms with Crippen molar-refractivity contribution < 1.29 is 53.9 Å². The van der Waals surface area contributed by atoms with Crippen molar-refractivity contribution in [2.75, 3.05) is 6.61 Å². The summed E-state index contributed by atoms with van der Waals surface area (Å²) in [5.41, 5.74) is -1.95. The molecule has 0 heterocycles. The molecule has 0 spiro atoms. The first-order valence-corrected chi connectivity index (χ1v) is 16.7. The van der Waals surface area contributed by atoms with Gasteiger partial charge in [-0.05, 0) is 80.6 Å². The van der Waals surface area contributed by atoms with E-state index < -0.39 is 83.8 Å². The topological polar surface area (TPSA) is 217 Å². The van der Waals surface area contributed by atoms with Crippen molar-refractivity contribution in [1.29, 1.82) is 0 Å². The first-order chi connectivity index (χ1) is 21.9. The summed E-state index contributed by atoms with van der Waals surface area (Å²) in [4.78, 5) is 74.7. The molecule has 4 aliphatic carbocycles. The van der Waals surface area contributed by atoms with E-state index in [0.29, 0.717) is 19.3 Å². The lowest BCUT2D eigenvalue weighted by Gasteiger charge is -2.60. The van der Waals surface area contributed by atoms with Gasteiger partial charge in [0.1, 0.15) is 11.6 Å². The number of hydrogen-bond donors (Lipinski definition) is 6. The van der Waals surface area contributed by atoms with Crippen LogP contribution in [0.3, 0.4) is 0 Å². The first kappa shape index (κ1) is 36.7. The Hall–Kier alpha value is -3.16. The van der Waals surface area contributed by atoms with Crippen LogP contribution in [0.2, 0.25) is 0 Å². The molecule has 47 heavy (non-hydrogen) atoms. The van der Waals surface area contributed by atoms with Gasteiger partial charge in [-0.2, -0.15) is 0 Å². The number of aliphatic hydroxyl groups excluding tert-OH is 2. The zero-order valence-electron chi connectivity index (χ0n) is 27.9. The van der Waals surface area contributed by atoms with Crippen LogP contribution < -0.4 is 10.6 Å². The minimum atomic E-state index is -1.81. The van der Waals surface area contributed by atoms with Crippen molar-refractivity contribution in [2.24, 2.45) is 34.5 Å². The predicted molar refractivity (Wildman–Crippen MR) is 166 cm³/mol. The lowest BCUT2D eigenvalue weighted by Crippen LogP contribution is -2.62. The van der Waals surface area contributed by atoms with Crippen LogP contribution in [0, 0.1) is 34.5 Å². The van der Waals surface area contributed by atoms with Crippen molar-refractivity contribution in [1.82, 2.24) is 10.6 Å². The molecule has 0 radical (unpaired) electrons. The van der Waals surface area contributed by atoms with Crippen molar-refractivity contribution >= 4 is 35.3 Å². The minimum absolute atomic E-state index is 0.0299. The van der Waals surface area contributed by atoms with Crippen LogP contribution in [-0.4, -0.2) is 92.2 Å². The number of hydrogen-bond acceptors (Lipinski definition) is 10. The Bertz CT molecular complexity index is 1330. The standard InChI is InChI=1S/C34H50N2O11/c1-17(2)28(30(43)36-29(18(3)37)31(44)45)35-25(41)8-9-26(42)47-16-24(40)34(46)13-11-22-21-7-6-19-14-20(38)10-12-32(19,4)27(21)23(39)15-33(22,34)5/h14,17-18,21-23,27-29,37,39,46H,6-13,15-16H2,1-5H3,(H,35,41)(H,36,43)(H,44,45)/t18-,21-,22-,23+,27+,28+,29+,32-,33-,34-/m0/s1. The van der Waals surface area contributed by atoms with Crippen molar-refractivity contribution in [3.05, 3.63) is 11.6 Å². The Kier molecular flexibility index (Phi) is 10.7. The molecule has 13 nitrogen and oxygen atoms in total. The fraction of sp³-hybridized carbons (Fsp3) is 0.765. The van der Waals surface area contributed by atoms with Gasteiger partial charge in [0.15, 0.2) is 18.4 Å². The number of aliphatic carboxylic acids is 1. The number of carboxylic acids is 1. The van der Waals surface area contributed by atoms with Crippen LogP contribution in [0.5, 0.6) is 0 Å². The van der Waals surface area contributed by atoms with Crippen LogP contribution in [-0.2, 0) is 33.5 Å². The monoisotopic (exact) mass is 662 g/mol. The molecular weight excluding hydrogens is 612 g/mol. The molecule has 13 heteroatoms. The Balaban J connectivity index is 1.32. The number of Topliss-reactive ketones (excluding diaryl/α,β-unsaturated/α-hetero) is 1. The smallest absolute Gasteiger partial charge is 0.328 e. The molecule has 0 bridgehead atoms. The Labute approximate surface area is 274 Å². The number of carbonyl (C=O) groups excluding carboxylic acids is 5. The van der Waals surface area contributed by atoms with Gasteiger partial charge in [-0.3, -0.25) is 24.0 Å². The second-order valence-corrected chi connectivity index (χ2v) is 14.9. The molecule has 0 aromatic rings. The van der Waals surface area contributed by atoms with Gasteiger partial charge in [-0.15, -0.1) is 0 Å². The van der Waals surface area contributed by atoms with Gasteiger partial charge in [0.25, 0.3) is 0 Å². The van der Waals surface area contributed by atoms with Gasteiger partial charge in [-0.25, -0.2) is 4.79 Å². The van der Waals surface area contributed by atoms with Gasteiger partial charge >= 0.3 is 11.9 Å². The summed E-state index contributed by atoms with van der Waals surface area (Å²) in [6, 6.07) is -2.70. The first-order valence-electron chi connectivity index (χ1n) is 16.7. The van der Waals surface area contributed by atoms with Gasteiger partial charge in [-0.1, -0.05) is 33.3 Å². The van der Waals surface area contributed by atoms with E-state index in [-0.39, 0.29) is 48.2 Å². The van der Waals surface area contributed by atoms with Crippen molar-refractivity contribution in [3.63, 3.8) is 0 Å². The summed E-state index contributed by atoms with van der Waals surface area (Å²) in [5, 5.41) is 46.9. The molecule has 0 unspecified atom stereocenters. The van der Waals surface area contributed by atoms with E-state index in [1.165, 1.54) is 6.92 Å². The Morgan fingerprint density at radius 3 is 2.30 bits per heavy atom. The molecular formula is C34H50N2O11. The SMILES string of the molecule is CC(C)[C@@H](NC(=O)CCC(=O)OCC(=O)[C@@]1(O)CC[C@H]2[C@@H]3CCC4=CC(=O)CC[C@]4(C)[C@H]3[C@H](O)C[C@@]21C)C(=O)N[C@@H](C(=O)O)[C@H](C)O. The van der Waals surface area contributed by atoms with Crippen LogP contribution in [0.4, 0.5) is 0 Å². The van der Waals surface area contributed by atoms with Crippen molar-refractivity contribution in [3.8, 4) is 0 Å². The second-order valence-electron chi connectivity index (χ2n) is 14.9. The van der Waals surface area contributed by atoms with E-state index in [0.717, 1.165) is 18.4 Å². The highest BCUT2D eigenvalue weighted by Crippen LogP contribution is 2.67. The number of carbonyl (C=O) groups is 6. The number of fused-ring (bicyclic) bond motifs is 5. The molecule has 3 saturated carbocycles. The third kappa shape index (κ3) is 6.89. The molecule has 10 atom stereocenters. The fourth-order valence-corrected chi connectivity index (χ4v) is 9.12. The number of amides is 2. The van der Waals surface area contributed by atoms with E-state index >= 15 is 0 Å². The fourth-order valence-electron chi connectivity index (χ4n) is 9.12. The van der Waals surface area contributed by atoms with Gasteiger partial charge < -0.3 is 35.8 Å². The molecule has 0 aromatic carbocycles. The number of esters is 1. The largest absolute Gasteiger partial charge is 0.480 e. The lowest BCUT2D eigenvalue weighted by atomic mass is 9.45. The van der Waals surface area contributed by atoms with Crippen LogP contribution >= 0.6 is 0 Å². The highest BCUT2D eigenvalue weighted by atomic mass is 16.5. The van der Waals surface area contributed by atoms with E-state index in [9.17, 15) is 49.2 Å². The molecule has 0 saturated heterocycles. The molecule has 262 valence electrons. The number of rotatable bonds is 12. The Morgan fingerprint density at radius 1 is 1.00 bits per heavy atom. The maximum absolute atomic E-state index is 13.5. The predicted octanol–water partition coefficient (Wildman–Crippen LogP) is 1.20. The number of ketones is 2. The average molecular weight is 663 g/mol. The highest BCUT2D eigenvalue weighted by Gasteiger charge is 2.68. The number of nitrogens with one attached hydrogen (secondary N) is 2. The zero-order valence-corrected chi connectivity index (χ0v) is 27.9. The summed E-state index contributed by atoms with van der Waals surface area (Å²) in [6.07, 6.45) is 2.42. The molecule has 4 aliphatic rings. The zero-order chi connectivity index (χ0) is 35.1. The number of carboxylic acid groups (broad SMARTS) is 1. The summed E-state index contributed by atoms with van der Waals surface area (Å²) < 4.78 is 5.19. The summed E-state index contributed by atoms with van der Waals surface area (Å²) >= 11 is 0. The summed E-state index contributed by atoms with van der Waals surface area (Å²) in [5.74, 6) is -4.79. The van der Waals surface area contributed by atoms with E-state index in [1.54, 1.807) is 19.9 Å². The molecule has 3 fully saturated rings. The molecule has 4 rings (SSSR count). The third-order valence-corrected chi connectivity index (χ3v) is 11.7. The third-order valence-electron chi connectivity index (χ3n) is 11.7. The Morgan fingerprint density at radius 2 is 1.68 bits per heavy atom. The summed E-state index contributed by atoms with van der Waals surface area (Å²) in [7, 11) is 0. The van der Waals surface area contributed by atoms with Gasteiger partial charge in [0.2, 0.25) is 17.6 Å². The molecule has 0 aliphatic heterocycles. The molecule has 6 N–H and O–H groups in total. The van der Waals surface area contributed by atoms with E-state index in [2.05, 4.69) is 17.6 Å². The number of aliphatic hydroxyl groups is 3. The normalized spacial score (nSPS) is 34.9. The highest BCUT2D eigenvalue weighted by molar-refractivity contribution is 5.93. The van der Waals surface area contributed by atoms with Crippen molar-refractivity contribution in [2.45, 2.75) is 122 Å².